The van der Waals surface area contributed by atoms with Gasteiger partial charge in [0.15, 0.2) is 5.69 Å². The molecule has 0 fully saturated rings. The van der Waals surface area contributed by atoms with Crippen LogP contribution < -0.4 is 0 Å². The zero-order valence-corrected chi connectivity index (χ0v) is 9.92. The summed E-state index contributed by atoms with van der Waals surface area (Å²) >= 11 is 5.93. The summed E-state index contributed by atoms with van der Waals surface area (Å²) in [7, 11) is 0. The maximum Gasteiger partial charge on any atom is 0.356 e. The fourth-order valence-corrected chi connectivity index (χ4v) is 2.09. The molecule has 5 nitrogen and oxygen atoms in total. The number of fused-ring (bicyclic) bond motifs is 3. The molecule has 1 N–H and O–H groups in total. The number of hydrogen-bond acceptors (Lipinski definition) is 3. The molecule has 0 aliphatic carbocycles. The first-order valence-corrected chi connectivity index (χ1v) is 5.65. The maximum atomic E-state index is 10.9. The monoisotopic (exact) mass is 261 g/mol. The van der Waals surface area contributed by atoms with Gasteiger partial charge in [0.2, 0.25) is 0 Å². The first-order chi connectivity index (χ1) is 8.65. The summed E-state index contributed by atoms with van der Waals surface area (Å²) in [4.78, 5) is 15.2. The Hall–Kier alpha value is -2.14. The van der Waals surface area contributed by atoms with Gasteiger partial charge < -0.3 is 5.11 Å². The molecule has 2 aromatic rings. The Balaban J connectivity index is 2.24. The molecule has 2 heterocycles. The summed E-state index contributed by atoms with van der Waals surface area (Å²) < 4.78 is 1.60. The average Bonchev–Trinajstić information content (AvgIpc) is 2.67. The second-order valence-corrected chi connectivity index (χ2v) is 4.35. The van der Waals surface area contributed by atoms with E-state index in [9.17, 15) is 4.79 Å². The van der Waals surface area contributed by atoms with E-state index in [0.717, 1.165) is 16.9 Å². The Morgan fingerprint density at radius 1 is 1.39 bits per heavy atom. The number of carboxylic acids is 1. The van der Waals surface area contributed by atoms with E-state index in [1.54, 1.807) is 29.1 Å². The third-order valence-electron chi connectivity index (χ3n) is 2.70. The fraction of sp³-hybridized carbons (Fsp3) is 0.0833. The summed E-state index contributed by atoms with van der Waals surface area (Å²) in [6, 6.07) is 6.85. The van der Waals surface area contributed by atoms with Gasteiger partial charge in [-0.25, -0.2) is 9.48 Å². The summed E-state index contributed by atoms with van der Waals surface area (Å²) in [6.45, 7) is 0.395. The quantitative estimate of drug-likeness (QED) is 0.855. The standard InChI is InChI=1S/C12H8ClN3O2/c13-8-1-2-11-7(3-8)5-14-6-9-4-10(12(17)18)15-16(9)11/h1-5H,6H2,(H,17,18). The molecule has 0 saturated heterocycles. The second kappa shape index (κ2) is 3.96. The molecular formula is C12H8ClN3O2. The van der Waals surface area contributed by atoms with Crippen molar-refractivity contribution in [2.24, 2.45) is 4.99 Å². The lowest BCUT2D eigenvalue weighted by atomic mass is 10.2. The number of aliphatic imine (C=N–C) groups is 1. The van der Waals surface area contributed by atoms with Crippen molar-refractivity contribution in [1.29, 1.82) is 0 Å². The smallest absolute Gasteiger partial charge is 0.356 e. The van der Waals surface area contributed by atoms with E-state index in [1.165, 1.54) is 6.07 Å². The zero-order valence-electron chi connectivity index (χ0n) is 9.17. The number of halogens is 1. The molecule has 1 aliphatic rings. The second-order valence-electron chi connectivity index (χ2n) is 3.91. The van der Waals surface area contributed by atoms with Crippen LogP contribution in [0.15, 0.2) is 29.3 Å². The summed E-state index contributed by atoms with van der Waals surface area (Å²) in [5.74, 6) is -1.05. The van der Waals surface area contributed by atoms with E-state index in [1.807, 2.05) is 0 Å². The van der Waals surface area contributed by atoms with Crippen LogP contribution in [0.1, 0.15) is 21.7 Å². The molecule has 1 aromatic heterocycles. The van der Waals surface area contributed by atoms with E-state index >= 15 is 0 Å². The van der Waals surface area contributed by atoms with Crippen LogP contribution in [0.5, 0.6) is 0 Å². The Bertz CT molecular complexity index is 676. The highest BCUT2D eigenvalue weighted by atomic mass is 35.5. The van der Waals surface area contributed by atoms with Crippen molar-refractivity contribution >= 4 is 23.8 Å². The molecule has 18 heavy (non-hydrogen) atoms. The van der Waals surface area contributed by atoms with Gasteiger partial charge in [-0.2, -0.15) is 5.10 Å². The number of carboxylic acid groups (broad SMARTS) is 1. The number of aromatic nitrogens is 2. The molecule has 6 heteroatoms. The van der Waals surface area contributed by atoms with Gasteiger partial charge in [0.05, 0.1) is 17.9 Å². The van der Waals surface area contributed by atoms with Crippen molar-refractivity contribution in [3.05, 3.63) is 46.2 Å². The number of benzene rings is 1. The van der Waals surface area contributed by atoms with Gasteiger partial charge in [-0.1, -0.05) is 11.6 Å². The van der Waals surface area contributed by atoms with Crippen LogP contribution in [0, 0.1) is 0 Å². The number of nitrogens with zero attached hydrogens (tertiary/aromatic N) is 3. The molecule has 3 rings (SSSR count). The third kappa shape index (κ3) is 1.69. The van der Waals surface area contributed by atoms with E-state index < -0.39 is 5.97 Å². The minimum absolute atomic E-state index is 0.0167. The first-order valence-electron chi connectivity index (χ1n) is 5.27. The molecule has 90 valence electrons. The van der Waals surface area contributed by atoms with Gasteiger partial charge >= 0.3 is 5.97 Å². The third-order valence-corrected chi connectivity index (χ3v) is 2.94. The van der Waals surface area contributed by atoms with E-state index in [0.29, 0.717) is 11.6 Å². The van der Waals surface area contributed by atoms with Crippen LogP contribution in [-0.4, -0.2) is 27.1 Å². The molecular weight excluding hydrogens is 254 g/mol. The van der Waals surface area contributed by atoms with Gasteiger partial charge in [-0.3, -0.25) is 4.99 Å². The van der Waals surface area contributed by atoms with Crippen molar-refractivity contribution in [3.63, 3.8) is 0 Å². The molecule has 0 bridgehead atoms. The van der Waals surface area contributed by atoms with Crippen molar-refractivity contribution < 1.29 is 9.90 Å². The van der Waals surface area contributed by atoms with Gasteiger partial charge in [0.1, 0.15) is 0 Å². The van der Waals surface area contributed by atoms with Crippen LogP contribution in [0.2, 0.25) is 5.02 Å². The Morgan fingerprint density at radius 2 is 2.22 bits per heavy atom. The Labute approximate surface area is 107 Å². The summed E-state index contributed by atoms with van der Waals surface area (Å²) in [5, 5.41) is 13.6. The number of carbonyl (C=O) groups is 1. The van der Waals surface area contributed by atoms with Crippen molar-refractivity contribution in [3.8, 4) is 5.69 Å². The molecule has 0 atom stereocenters. The molecule has 0 amide bonds. The van der Waals surface area contributed by atoms with E-state index in [-0.39, 0.29) is 5.69 Å². The minimum atomic E-state index is -1.05. The Kier molecular flexibility index (Phi) is 2.41. The van der Waals surface area contributed by atoms with Crippen LogP contribution in [0.3, 0.4) is 0 Å². The summed E-state index contributed by atoms with van der Waals surface area (Å²) in [6.07, 6.45) is 1.72. The van der Waals surface area contributed by atoms with Crippen LogP contribution >= 0.6 is 11.6 Å². The van der Waals surface area contributed by atoms with Crippen LogP contribution in [0.25, 0.3) is 5.69 Å². The summed E-state index contributed by atoms with van der Waals surface area (Å²) in [5.41, 5.74) is 2.36. The molecule has 1 aromatic carbocycles. The van der Waals surface area contributed by atoms with Gasteiger partial charge in [0.25, 0.3) is 0 Å². The van der Waals surface area contributed by atoms with Crippen molar-refractivity contribution in [2.75, 3.05) is 0 Å². The highest BCUT2D eigenvalue weighted by Gasteiger charge is 2.17. The molecule has 0 unspecified atom stereocenters. The molecule has 0 spiro atoms. The predicted molar refractivity (Wildman–Crippen MR) is 66.8 cm³/mol. The highest BCUT2D eigenvalue weighted by molar-refractivity contribution is 6.31. The van der Waals surface area contributed by atoms with Crippen molar-refractivity contribution in [2.45, 2.75) is 6.54 Å². The molecule has 0 radical (unpaired) electrons. The SMILES string of the molecule is O=C(O)c1cc2n(n1)-c1ccc(Cl)cc1C=NC2. The lowest BCUT2D eigenvalue weighted by molar-refractivity contribution is 0.0690. The van der Waals surface area contributed by atoms with Crippen LogP contribution in [-0.2, 0) is 6.54 Å². The van der Waals surface area contributed by atoms with E-state index in [2.05, 4.69) is 10.1 Å². The largest absolute Gasteiger partial charge is 0.476 e. The number of rotatable bonds is 1. The topological polar surface area (TPSA) is 67.5 Å². The molecule has 0 saturated carbocycles. The minimum Gasteiger partial charge on any atom is -0.476 e. The zero-order chi connectivity index (χ0) is 12.7. The predicted octanol–water partition coefficient (Wildman–Crippen LogP) is 2.16. The van der Waals surface area contributed by atoms with E-state index in [4.69, 9.17) is 16.7 Å². The maximum absolute atomic E-state index is 10.9. The first kappa shape index (κ1) is 11.0. The lowest BCUT2D eigenvalue weighted by Gasteiger charge is -2.06. The highest BCUT2D eigenvalue weighted by Crippen LogP contribution is 2.23. The Morgan fingerprint density at radius 3 is 3.00 bits per heavy atom. The lowest BCUT2D eigenvalue weighted by Crippen LogP contribution is -2.04. The number of hydrogen-bond donors (Lipinski definition) is 1. The average molecular weight is 262 g/mol. The fourth-order valence-electron chi connectivity index (χ4n) is 1.90. The van der Waals surface area contributed by atoms with Crippen LogP contribution in [0.4, 0.5) is 0 Å². The van der Waals surface area contributed by atoms with Gasteiger partial charge in [-0.15, -0.1) is 0 Å². The van der Waals surface area contributed by atoms with Crippen molar-refractivity contribution in [1.82, 2.24) is 9.78 Å². The van der Waals surface area contributed by atoms with Gasteiger partial charge in [0, 0.05) is 16.8 Å². The van der Waals surface area contributed by atoms with Gasteiger partial charge in [-0.05, 0) is 24.3 Å². The molecule has 1 aliphatic heterocycles. The normalized spacial score (nSPS) is 12.7. The number of aromatic carboxylic acids is 1.